The zero-order valence-corrected chi connectivity index (χ0v) is 9.11. The van der Waals surface area contributed by atoms with Gasteiger partial charge in [-0.25, -0.2) is 0 Å². The summed E-state index contributed by atoms with van der Waals surface area (Å²) >= 11 is 0. The zero-order valence-electron chi connectivity index (χ0n) is 9.11. The molecule has 1 aromatic rings. The van der Waals surface area contributed by atoms with Crippen molar-refractivity contribution in [2.75, 3.05) is 19.8 Å². The molecule has 0 spiro atoms. The van der Waals surface area contributed by atoms with Gasteiger partial charge in [-0.15, -0.1) is 0 Å². The Bertz CT molecular complexity index is 379. The molecule has 86 valence electrons. The molecular weight excluding hydrogens is 204 g/mol. The monoisotopic (exact) mass is 220 g/mol. The smallest absolute Gasteiger partial charge is 0.246 e. The van der Waals surface area contributed by atoms with Crippen LogP contribution in [0.5, 0.6) is 0 Å². The number of carbonyl (C=O) groups is 1. The molecule has 1 aliphatic heterocycles. The first-order valence-electron chi connectivity index (χ1n) is 5.45. The summed E-state index contributed by atoms with van der Waals surface area (Å²) < 4.78 is 5.21. The summed E-state index contributed by atoms with van der Waals surface area (Å²) in [5.74, 6) is -0.0551. The van der Waals surface area contributed by atoms with Gasteiger partial charge in [0.25, 0.3) is 0 Å². The summed E-state index contributed by atoms with van der Waals surface area (Å²) in [7, 11) is 0. The van der Waals surface area contributed by atoms with E-state index < -0.39 is 0 Å². The number of rotatable bonds is 3. The first-order chi connectivity index (χ1) is 7.79. The number of morpholine rings is 1. The molecule has 4 heteroatoms. The second-order valence-corrected chi connectivity index (χ2v) is 3.92. The normalized spacial score (nSPS) is 20.6. The maximum absolute atomic E-state index is 11.2. The molecule has 0 aromatic heterocycles. The van der Waals surface area contributed by atoms with Gasteiger partial charge in [0.2, 0.25) is 5.91 Å². The number of hydrogen-bond donors (Lipinski definition) is 2. The molecule has 3 N–H and O–H groups in total. The Balaban J connectivity index is 2.12. The second-order valence-electron chi connectivity index (χ2n) is 3.92. The molecule has 16 heavy (non-hydrogen) atoms. The first-order valence-corrected chi connectivity index (χ1v) is 5.45. The molecular formula is C12H16N2O2. The summed E-state index contributed by atoms with van der Waals surface area (Å²) in [5, 5.41) is 2.91. The van der Waals surface area contributed by atoms with Crippen LogP contribution in [0.3, 0.4) is 0 Å². The van der Waals surface area contributed by atoms with Gasteiger partial charge in [-0.3, -0.25) is 4.79 Å². The maximum Gasteiger partial charge on any atom is 0.246 e. The fourth-order valence-electron chi connectivity index (χ4n) is 1.86. The van der Waals surface area contributed by atoms with E-state index in [1.54, 1.807) is 0 Å². The Morgan fingerprint density at radius 3 is 3.12 bits per heavy atom. The standard InChI is InChI=1S/C12H16N2O2/c13-5-4-9-2-1-3-10(6-9)11-7-16-8-12(15)14-11/h1-3,6,11H,4-5,7-8,13H2,(H,14,15). The largest absolute Gasteiger partial charge is 0.369 e. The van der Waals surface area contributed by atoms with E-state index in [0.29, 0.717) is 13.2 Å². The van der Waals surface area contributed by atoms with E-state index >= 15 is 0 Å². The van der Waals surface area contributed by atoms with Crippen molar-refractivity contribution in [3.63, 3.8) is 0 Å². The number of hydrogen-bond acceptors (Lipinski definition) is 3. The Morgan fingerprint density at radius 2 is 2.38 bits per heavy atom. The summed E-state index contributed by atoms with van der Waals surface area (Å²) in [5.41, 5.74) is 7.79. The third-order valence-corrected chi connectivity index (χ3v) is 2.64. The van der Waals surface area contributed by atoms with Gasteiger partial charge in [0.05, 0.1) is 12.6 Å². The van der Waals surface area contributed by atoms with Gasteiger partial charge >= 0.3 is 0 Å². The third kappa shape index (κ3) is 2.59. The molecule has 1 atom stereocenters. The summed E-state index contributed by atoms with van der Waals surface area (Å²) in [6, 6.07) is 8.08. The Hall–Kier alpha value is -1.39. The Kier molecular flexibility index (Phi) is 3.54. The van der Waals surface area contributed by atoms with Crippen LogP contribution in [-0.4, -0.2) is 25.7 Å². The molecule has 4 nitrogen and oxygen atoms in total. The Labute approximate surface area is 94.8 Å². The van der Waals surface area contributed by atoms with Gasteiger partial charge in [0.1, 0.15) is 6.61 Å². The molecule has 0 aliphatic carbocycles. The number of carbonyl (C=O) groups excluding carboxylic acids is 1. The van der Waals surface area contributed by atoms with E-state index in [4.69, 9.17) is 10.5 Å². The lowest BCUT2D eigenvalue weighted by Crippen LogP contribution is -2.39. The van der Waals surface area contributed by atoms with E-state index in [1.165, 1.54) is 5.56 Å². The molecule has 0 bridgehead atoms. The predicted molar refractivity (Wildman–Crippen MR) is 60.9 cm³/mol. The molecule has 0 radical (unpaired) electrons. The predicted octanol–water partition coefficient (Wildman–Crippen LogP) is 0.375. The molecule has 1 saturated heterocycles. The summed E-state index contributed by atoms with van der Waals surface area (Å²) in [6.45, 7) is 1.34. The highest BCUT2D eigenvalue weighted by atomic mass is 16.5. The lowest BCUT2D eigenvalue weighted by Gasteiger charge is -2.24. The lowest BCUT2D eigenvalue weighted by molar-refractivity contribution is -0.131. The van der Waals surface area contributed by atoms with Gasteiger partial charge in [0, 0.05) is 0 Å². The number of amides is 1. The first kappa shape index (κ1) is 11.1. The molecule has 1 heterocycles. The van der Waals surface area contributed by atoms with Gasteiger partial charge in [-0.1, -0.05) is 24.3 Å². The van der Waals surface area contributed by atoms with Crippen molar-refractivity contribution in [2.24, 2.45) is 5.73 Å². The molecule has 1 unspecified atom stereocenters. The molecule has 1 fully saturated rings. The SMILES string of the molecule is NCCc1cccc(C2COCC(=O)N2)c1. The molecule has 2 rings (SSSR count). The topological polar surface area (TPSA) is 64.3 Å². The minimum Gasteiger partial charge on any atom is -0.369 e. The van der Waals surface area contributed by atoms with Crippen molar-refractivity contribution in [2.45, 2.75) is 12.5 Å². The van der Waals surface area contributed by atoms with Crippen LogP contribution < -0.4 is 11.1 Å². The quantitative estimate of drug-likeness (QED) is 0.773. The van der Waals surface area contributed by atoms with Crippen LogP contribution in [0.2, 0.25) is 0 Å². The lowest BCUT2D eigenvalue weighted by atomic mass is 10.0. The highest BCUT2D eigenvalue weighted by Crippen LogP contribution is 2.17. The minimum atomic E-state index is -0.0551. The molecule has 1 aromatic carbocycles. The van der Waals surface area contributed by atoms with Crippen molar-refractivity contribution in [3.05, 3.63) is 35.4 Å². The van der Waals surface area contributed by atoms with Gasteiger partial charge in [-0.2, -0.15) is 0 Å². The van der Waals surface area contributed by atoms with Crippen LogP contribution >= 0.6 is 0 Å². The van der Waals surface area contributed by atoms with Crippen molar-refractivity contribution in [3.8, 4) is 0 Å². The third-order valence-electron chi connectivity index (χ3n) is 2.64. The molecule has 1 amide bonds. The van der Waals surface area contributed by atoms with Crippen LogP contribution in [0.1, 0.15) is 17.2 Å². The van der Waals surface area contributed by atoms with Gasteiger partial charge in [0.15, 0.2) is 0 Å². The van der Waals surface area contributed by atoms with E-state index in [2.05, 4.69) is 11.4 Å². The van der Waals surface area contributed by atoms with Crippen molar-refractivity contribution in [1.29, 1.82) is 0 Å². The van der Waals surface area contributed by atoms with Gasteiger partial charge in [-0.05, 0) is 24.1 Å². The summed E-state index contributed by atoms with van der Waals surface area (Å²) in [4.78, 5) is 11.2. The van der Waals surface area contributed by atoms with Crippen molar-refractivity contribution >= 4 is 5.91 Å². The van der Waals surface area contributed by atoms with E-state index in [-0.39, 0.29) is 18.6 Å². The number of nitrogens with two attached hydrogens (primary N) is 1. The highest BCUT2D eigenvalue weighted by Gasteiger charge is 2.20. The highest BCUT2D eigenvalue weighted by molar-refractivity contribution is 5.78. The fraction of sp³-hybridized carbons (Fsp3) is 0.417. The van der Waals surface area contributed by atoms with Crippen LogP contribution in [0.25, 0.3) is 0 Å². The van der Waals surface area contributed by atoms with Crippen LogP contribution in [-0.2, 0) is 16.0 Å². The van der Waals surface area contributed by atoms with E-state index in [0.717, 1.165) is 12.0 Å². The molecule has 0 saturated carbocycles. The zero-order chi connectivity index (χ0) is 11.4. The number of nitrogens with one attached hydrogen (secondary N) is 1. The fourth-order valence-corrected chi connectivity index (χ4v) is 1.86. The maximum atomic E-state index is 11.2. The average Bonchev–Trinajstić information content (AvgIpc) is 2.30. The van der Waals surface area contributed by atoms with E-state index in [1.807, 2.05) is 18.2 Å². The number of ether oxygens (including phenoxy) is 1. The molecule has 1 aliphatic rings. The van der Waals surface area contributed by atoms with Crippen LogP contribution in [0, 0.1) is 0 Å². The van der Waals surface area contributed by atoms with Crippen LogP contribution in [0.15, 0.2) is 24.3 Å². The second kappa shape index (κ2) is 5.09. The minimum absolute atomic E-state index is 0.0287. The van der Waals surface area contributed by atoms with Crippen molar-refractivity contribution in [1.82, 2.24) is 5.32 Å². The van der Waals surface area contributed by atoms with E-state index in [9.17, 15) is 4.79 Å². The summed E-state index contributed by atoms with van der Waals surface area (Å²) in [6.07, 6.45) is 0.857. The Morgan fingerprint density at radius 1 is 1.50 bits per heavy atom. The number of benzene rings is 1. The average molecular weight is 220 g/mol. The van der Waals surface area contributed by atoms with Crippen LogP contribution in [0.4, 0.5) is 0 Å². The van der Waals surface area contributed by atoms with Crippen molar-refractivity contribution < 1.29 is 9.53 Å². The van der Waals surface area contributed by atoms with Gasteiger partial charge < -0.3 is 15.8 Å².